The molecule has 1 amide bonds. The molecule has 0 aromatic heterocycles. The number of hydrogen-bond acceptors (Lipinski definition) is 3. The second-order valence-electron chi connectivity index (χ2n) is 5.46. The van der Waals surface area contributed by atoms with Crippen LogP contribution in [0.1, 0.15) is 31.0 Å². The zero-order valence-corrected chi connectivity index (χ0v) is 14.8. The van der Waals surface area contributed by atoms with E-state index in [0.29, 0.717) is 21.3 Å². The van der Waals surface area contributed by atoms with Crippen molar-refractivity contribution in [2.45, 2.75) is 25.9 Å². The van der Waals surface area contributed by atoms with Crippen LogP contribution in [0.5, 0.6) is 0 Å². The van der Waals surface area contributed by atoms with Crippen LogP contribution in [-0.2, 0) is 4.79 Å². The number of amides is 1. The highest BCUT2D eigenvalue weighted by Crippen LogP contribution is 2.26. The molecule has 0 aliphatic carbocycles. The summed E-state index contributed by atoms with van der Waals surface area (Å²) in [5.41, 5.74) is 1.95. The number of carbonyl (C=O) groups excluding carboxylic acids is 1. The molecular weight excluding hydrogens is 345 g/mol. The van der Waals surface area contributed by atoms with Gasteiger partial charge in [-0.3, -0.25) is 10.1 Å². The van der Waals surface area contributed by atoms with E-state index in [-0.39, 0.29) is 11.9 Å². The van der Waals surface area contributed by atoms with Crippen LogP contribution >= 0.6 is 23.2 Å². The lowest BCUT2D eigenvalue weighted by atomic mass is 10.1. The zero-order chi connectivity index (χ0) is 17.7. The summed E-state index contributed by atoms with van der Waals surface area (Å²) >= 11 is 12.1. The van der Waals surface area contributed by atoms with Gasteiger partial charge in [0.15, 0.2) is 0 Å². The number of hydrogen-bond donors (Lipinski definition) is 2. The Hall–Kier alpha value is -2.06. The third-order valence-electron chi connectivity index (χ3n) is 3.58. The van der Waals surface area contributed by atoms with Crippen molar-refractivity contribution >= 4 is 34.8 Å². The van der Waals surface area contributed by atoms with Gasteiger partial charge in [0.25, 0.3) is 0 Å². The molecule has 0 saturated heterocycles. The Bertz CT molecular complexity index is 786. The maximum atomic E-state index is 12.3. The Morgan fingerprint density at radius 3 is 2.58 bits per heavy atom. The highest BCUT2D eigenvalue weighted by Gasteiger charge is 2.18. The summed E-state index contributed by atoms with van der Waals surface area (Å²) in [6, 6.07) is 13.5. The highest BCUT2D eigenvalue weighted by atomic mass is 35.5. The molecule has 2 aromatic carbocycles. The summed E-state index contributed by atoms with van der Waals surface area (Å²) in [6.07, 6.45) is 0. The standard InChI is InChI=1S/C18H17Cl2N3O/c1-11(16-7-6-14(19)9-17(16)20)22-12(2)18(24)23-15-5-3-4-13(8-15)10-21/h3-9,11-12,22H,1-2H3,(H,23,24). The lowest BCUT2D eigenvalue weighted by molar-refractivity contribution is -0.117. The van der Waals surface area contributed by atoms with E-state index in [2.05, 4.69) is 10.6 Å². The molecule has 24 heavy (non-hydrogen) atoms. The van der Waals surface area contributed by atoms with Gasteiger partial charge < -0.3 is 5.32 Å². The Morgan fingerprint density at radius 1 is 1.17 bits per heavy atom. The smallest absolute Gasteiger partial charge is 0.241 e. The van der Waals surface area contributed by atoms with Crippen molar-refractivity contribution in [3.05, 3.63) is 63.6 Å². The van der Waals surface area contributed by atoms with Gasteiger partial charge in [0.05, 0.1) is 17.7 Å². The number of halogens is 2. The number of rotatable bonds is 5. The second kappa shape index (κ2) is 8.16. The van der Waals surface area contributed by atoms with Crippen molar-refractivity contribution in [1.82, 2.24) is 5.32 Å². The largest absolute Gasteiger partial charge is 0.325 e. The molecule has 0 radical (unpaired) electrons. The van der Waals surface area contributed by atoms with E-state index in [1.54, 1.807) is 43.3 Å². The molecule has 0 aliphatic rings. The summed E-state index contributed by atoms with van der Waals surface area (Å²) in [4.78, 5) is 12.3. The van der Waals surface area contributed by atoms with Gasteiger partial charge in [-0.2, -0.15) is 5.26 Å². The Kier molecular flexibility index (Phi) is 6.22. The van der Waals surface area contributed by atoms with Crippen LogP contribution in [0.15, 0.2) is 42.5 Å². The first-order chi connectivity index (χ1) is 11.4. The number of anilines is 1. The molecule has 0 saturated carbocycles. The van der Waals surface area contributed by atoms with E-state index in [0.717, 1.165) is 5.56 Å². The van der Waals surface area contributed by atoms with Gasteiger partial charge in [0, 0.05) is 21.8 Å². The quantitative estimate of drug-likeness (QED) is 0.821. The monoisotopic (exact) mass is 361 g/mol. The normalized spacial score (nSPS) is 13.0. The molecule has 0 spiro atoms. The molecule has 2 atom stereocenters. The minimum atomic E-state index is -0.447. The number of carbonyl (C=O) groups is 1. The number of nitrogens with zero attached hydrogens (tertiary/aromatic N) is 1. The fourth-order valence-electron chi connectivity index (χ4n) is 2.31. The third-order valence-corrected chi connectivity index (χ3v) is 4.14. The Labute approximate surface area is 151 Å². The third kappa shape index (κ3) is 4.72. The first kappa shape index (κ1) is 18.3. The summed E-state index contributed by atoms with van der Waals surface area (Å²) in [7, 11) is 0. The van der Waals surface area contributed by atoms with Crippen LogP contribution in [0.2, 0.25) is 10.0 Å². The first-order valence-corrected chi connectivity index (χ1v) is 8.18. The van der Waals surface area contributed by atoms with Gasteiger partial charge >= 0.3 is 0 Å². The number of benzene rings is 2. The molecule has 0 fully saturated rings. The fraction of sp³-hybridized carbons (Fsp3) is 0.222. The minimum absolute atomic E-state index is 0.124. The molecule has 0 heterocycles. The van der Waals surface area contributed by atoms with Gasteiger partial charge in [0.1, 0.15) is 0 Å². The van der Waals surface area contributed by atoms with Crippen LogP contribution in [0.4, 0.5) is 5.69 Å². The van der Waals surface area contributed by atoms with E-state index in [9.17, 15) is 4.79 Å². The summed E-state index contributed by atoms with van der Waals surface area (Å²) < 4.78 is 0. The maximum Gasteiger partial charge on any atom is 0.241 e. The summed E-state index contributed by atoms with van der Waals surface area (Å²) in [5, 5.41) is 16.0. The van der Waals surface area contributed by atoms with Crippen molar-refractivity contribution in [3.8, 4) is 6.07 Å². The highest BCUT2D eigenvalue weighted by molar-refractivity contribution is 6.35. The first-order valence-electron chi connectivity index (χ1n) is 7.42. The van der Waals surface area contributed by atoms with Crippen molar-refractivity contribution in [1.29, 1.82) is 5.26 Å². The van der Waals surface area contributed by atoms with E-state index in [4.69, 9.17) is 28.5 Å². The molecule has 2 N–H and O–H groups in total. The SMILES string of the molecule is CC(NC(C)c1ccc(Cl)cc1Cl)C(=O)Nc1cccc(C#N)c1. The number of nitriles is 1. The van der Waals surface area contributed by atoms with Crippen LogP contribution < -0.4 is 10.6 Å². The topological polar surface area (TPSA) is 64.9 Å². The summed E-state index contributed by atoms with van der Waals surface area (Å²) in [5.74, 6) is -0.193. The van der Waals surface area contributed by atoms with Gasteiger partial charge in [-0.1, -0.05) is 35.3 Å². The van der Waals surface area contributed by atoms with Crippen molar-refractivity contribution in [2.75, 3.05) is 5.32 Å². The molecule has 2 rings (SSSR count). The van der Waals surface area contributed by atoms with Gasteiger partial charge in [-0.05, 0) is 49.7 Å². The molecule has 0 aliphatic heterocycles. The average molecular weight is 362 g/mol. The van der Waals surface area contributed by atoms with E-state index >= 15 is 0 Å². The van der Waals surface area contributed by atoms with E-state index in [1.165, 1.54) is 0 Å². The second-order valence-corrected chi connectivity index (χ2v) is 6.30. The molecule has 2 aromatic rings. The lowest BCUT2D eigenvalue weighted by Gasteiger charge is -2.21. The van der Waals surface area contributed by atoms with Crippen molar-refractivity contribution in [2.24, 2.45) is 0 Å². The predicted molar refractivity (Wildman–Crippen MR) is 97.3 cm³/mol. The molecule has 2 unspecified atom stereocenters. The molecular formula is C18H17Cl2N3O. The molecule has 0 bridgehead atoms. The molecule has 4 nitrogen and oxygen atoms in total. The summed E-state index contributed by atoms with van der Waals surface area (Å²) in [6.45, 7) is 3.69. The number of nitrogens with one attached hydrogen (secondary N) is 2. The lowest BCUT2D eigenvalue weighted by Crippen LogP contribution is -2.39. The minimum Gasteiger partial charge on any atom is -0.325 e. The average Bonchev–Trinajstić information content (AvgIpc) is 2.54. The Balaban J connectivity index is 2.01. The Morgan fingerprint density at radius 2 is 1.92 bits per heavy atom. The van der Waals surface area contributed by atoms with Gasteiger partial charge in [-0.15, -0.1) is 0 Å². The van der Waals surface area contributed by atoms with Crippen LogP contribution in [0, 0.1) is 11.3 Å². The van der Waals surface area contributed by atoms with E-state index in [1.807, 2.05) is 19.1 Å². The van der Waals surface area contributed by atoms with Gasteiger partial charge in [0.2, 0.25) is 5.91 Å². The maximum absolute atomic E-state index is 12.3. The molecule has 6 heteroatoms. The van der Waals surface area contributed by atoms with Crippen LogP contribution in [0.3, 0.4) is 0 Å². The fourth-order valence-corrected chi connectivity index (χ4v) is 2.88. The molecule has 124 valence electrons. The van der Waals surface area contributed by atoms with Crippen LogP contribution in [0.25, 0.3) is 0 Å². The zero-order valence-electron chi connectivity index (χ0n) is 13.3. The van der Waals surface area contributed by atoms with Gasteiger partial charge in [-0.25, -0.2) is 0 Å². The predicted octanol–water partition coefficient (Wildman–Crippen LogP) is 4.54. The van der Waals surface area contributed by atoms with E-state index < -0.39 is 6.04 Å². The van der Waals surface area contributed by atoms with Crippen molar-refractivity contribution in [3.63, 3.8) is 0 Å². The van der Waals surface area contributed by atoms with Crippen LogP contribution in [-0.4, -0.2) is 11.9 Å². The van der Waals surface area contributed by atoms with Crippen molar-refractivity contribution < 1.29 is 4.79 Å².